The van der Waals surface area contributed by atoms with E-state index in [4.69, 9.17) is 9.15 Å². The summed E-state index contributed by atoms with van der Waals surface area (Å²) >= 11 is 3.33. The van der Waals surface area contributed by atoms with E-state index in [2.05, 4.69) is 20.9 Å². The van der Waals surface area contributed by atoms with E-state index in [1.165, 1.54) is 6.07 Å². The molecule has 2 aromatic carbocycles. The molecule has 134 valence electrons. The number of hydrogen-bond donors (Lipinski definition) is 0. The summed E-state index contributed by atoms with van der Waals surface area (Å²) in [5, 5.41) is 1.29. The minimum Gasteiger partial charge on any atom is -0.462 e. The van der Waals surface area contributed by atoms with Gasteiger partial charge in [0.15, 0.2) is 16.8 Å². The molecule has 27 heavy (non-hydrogen) atoms. The van der Waals surface area contributed by atoms with Crippen LogP contribution in [0.1, 0.15) is 17.3 Å². The van der Waals surface area contributed by atoms with Gasteiger partial charge in [0, 0.05) is 15.9 Å². The molecule has 0 N–H and O–H groups in total. The van der Waals surface area contributed by atoms with Gasteiger partial charge in [-0.25, -0.2) is 9.78 Å². The SMILES string of the molecule is CCOC(=O)c1cc(Br)cc2c(=O)cc(-c3ccc4ccccc4n3)oc12. The number of pyridine rings is 1. The first-order valence-electron chi connectivity index (χ1n) is 8.37. The second kappa shape index (κ2) is 6.96. The summed E-state index contributed by atoms with van der Waals surface area (Å²) in [6.07, 6.45) is 0. The van der Waals surface area contributed by atoms with Crippen LogP contribution in [0.2, 0.25) is 0 Å². The average Bonchev–Trinajstić information content (AvgIpc) is 2.67. The Morgan fingerprint density at radius 3 is 2.78 bits per heavy atom. The predicted octanol–water partition coefficient (Wildman–Crippen LogP) is 4.95. The average molecular weight is 424 g/mol. The Hall–Kier alpha value is -2.99. The number of benzene rings is 2. The van der Waals surface area contributed by atoms with E-state index in [0.29, 0.717) is 21.3 Å². The maximum atomic E-state index is 12.7. The summed E-state index contributed by atoms with van der Waals surface area (Å²) in [7, 11) is 0. The third-order valence-corrected chi connectivity index (χ3v) is 4.60. The number of ether oxygens (including phenoxy) is 1. The molecule has 4 rings (SSSR count). The summed E-state index contributed by atoms with van der Waals surface area (Å²) in [4.78, 5) is 29.5. The fraction of sp³-hybridized carbons (Fsp3) is 0.0952. The van der Waals surface area contributed by atoms with Gasteiger partial charge in [0.1, 0.15) is 11.3 Å². The molecule has 0 aliphatic carbocycles. The van der Waals surface area contributed by atoms with Crippen LogP contribution in [0.25, 0.3) is 33.3 Å². The first kappa shape index (κ1) is 17.4. The van der Waals surface area contributed by atoms with Gasteiger partial charge in [-0.15, -0.1) is 0 Å². The molecule has 0 saturated heterocycles. The minimum absolute atomic E-state index is 0.189. The molecule has 5 nitrogen and oxygen atoms in total. The van der Waals surface area contributed by atoms with Crippen LogP contribution in [0.5, 0.6) is 0 Å². The van der Waals surface area contributed by atoms with Gasteiger partial charge in [0.25, 0.3) is 0 Å². The van der Waals surface area contributed by atoms with E-state index in [9.17, 15) is 9.59 Å². The van der Waals surface area contributed by atoms with Crippen LogP contribution in [0, 0.1) is 0 Å². The predicted molar refractivity (Wildman–Crippen MR) is 107 cm³/mol. The molecule has 2 aromatic heterocycles. The smallest absolute Gasteiger partial charge is 0.341 e. The monoisotopic (exact) mass is 423 g/mol. The van der Waals surface area contributed by atoms with E-state index in [0.717, 1.165) is 10.9 Å². The Bertz CT molecular complexity index is 1250. The third kappa shape index (κ3) is 3.24. The number of fused-ring (bicyclic) bond motifs is 2. The molecule has 0 saturated carbocycles. The molecule has 2 heterocycles. The lowest BCUT2D eigenvalue weighted by molar-refractivity contribution is 0.0527. The Morgan fingerprint density at radius 2 is 1.96 bits per heavy atom. The summed E-state index contributed by atoms with van der Waals surface area (Å²) in [5.41, 5.74) is 1.44. The molecule has 0 aliphatic heterocycles. The van der Waals surface area contributed by atoms with Gasteiger partial charge >= 0.3 is 5.97 Å². The molecule has 0 unspecified atom stereocenters. The number of esters is 1. The zero-order chi connectivity index (χ0) is 19.0. The van der Waals surface area contributed by atoms with Crippen LogP contribution in [0.4, 0.5) is 0 Å². The normalized spacial score (nSPS) is 11.0. The molecule has 4 aromatic rings. The van der Waals surface area contributed by atoms with Crippen LogP contribution in [0.15, 0.2) is 68.3 Å². The van der Waals surface area contributed by atoms with E-state index in [1.807, 2.05) is 30.3 Å². The number of carbonyl (C=O) groups is 1. The first-order chi connectivity index (χ1) is 13.1. The van der Waals surface area contributed by atoms with Crippen LogP contribution >= 0.6 is 15.9 Å². The summed E-state index contributed by atoms with van der Waals surface area (Å²) in [5.74, 6) is -0.248. The summed E-state index contributed by atoms with van der Waals surface area (Å²) in [6, 6.07) is 16.0. The Balaban J connectivity index is 1.96. The molecular weight excluding hydrogens is 410 g/mol. The van der Waals surface area contributed by atoms with Gasteiger partial charge in [0.2, 0.25) is 0 Å². The highest BCUT2D eigenvalue weighted by atomic mass is 79.9. The fourth-order valence-electron chi connectivity index (χ4n) is 2.91. The Kier molecular flexibility index (Phi) is 4.49. The molecule has 0 amide bonds. The molecule has 0 aliphatic rings. The number of aromatic nitrogens is 1. The molecule has 0 bridgehead atoms. The molecule has 0 spiro atoms. The van der Waals surface area contributed by atoms with Gasteiger partial charge in [0.05, 0.1) is 17.5 Å². The zero-order valence-electron chi connectivity index (χ0n) is 14.4. The number of nitrogens with zero attached hydrogens (tertiary/aromatic N) is 1. The van der Waals surface area contributed by atoms with Gasteiger partial charge in [-0.2, -0.15) is 0 Å². The maximum absolute atomic E-state index is 12.7. The number of carbonyl (C=O) groups excluding carboxylic acids is 1. The summed E-state index contributed by atoms with van der Waals surface area (Å²) < 4.78 is 11.6. The van der Waals surface area contributed by atoms with Crippen molar-refractivity contribution < 1.29 is 13.9 Å². The van der Waals surface area contributed by atoms with Gasteiger partial charge in [-0.05, 0) is 31.2 Å². The largest absolute Gasteiger partial charge is 0.462 e. The number of halogens is 1. The van der Waals surface area contributed by atoms with Crippen LogP contribution in [-0.2, 0) is 4.74 Å². The van der Waals surface area contributed by atoms with E-state index in [1.54, 1.807) is 25.1 Å². The van der Waals surface area contributed by atoms with Crippen molar-refractivity contribution in [3.63, 3.8) is 0 Å². The molecule has 6 heteroatoms. The lowest BCUT2D eigenvalue weighted by Crippen LogP contribution is -2.09. The van der Waals surface area contributed by atoms with Crippen molar-refractivity contribution in [3.05, 3.63) is 74.9 Å². The molecule has 0 fully saturated rings. The second-order valence-corrected chi connectivity index (χ2v) is 6.83. The van der Waals surface area contributed by atoms with Crippen molar-refractivity contribution in [1.82, 2.24) is 4.98 Å². The highest BCUT2D eigenvalue weighted by molar-refractivity contribution is 9.10. The third-order valence-electron chi connectivity index (χ3n) is 4.14. The van der Waals surface area contributed by atoms with Crippen molar-refractivity contribution in [3.8, 4) is 11.5 Å². The molecular formula is C21H14BrNO4. The van der Waals surface area contributed by atoms with E-state index >= 15 is 0 Å². The Labute approximate surface area is 162 Å². The lowest BCUT2D eigenvalue weighted by Gasteiger charge is -2.08. The van der Waals surface area contributed by atoms with Crippen molar-refractivity contribution in [2.24, 2.45) is 0 Å². The maximum Gasteiger partial charge on any atom is 0.341 e. The second-order valence-electron chi connectivity index (χ2n) is 5.91. The van der Waals surface area contributed by atoms with Gasteiger partial charge in [-0.3, -0.25) is 4.79 Å². The zero-order valence-corrected chi connectivity index (χ0v) is 15.9. The van der Waals surface area contributed by atoms with Crippen molar-refractivity contribution in [2.75, 3.05) is 6.61 Å². The quantitative estimate of drug-likeness (QED) is 0.436. The Morgan fingerprint density at radius 1 is 1.15 bits per heavy atom. The standard InChI is InChI=1S/C21H14BrNO4/c1-2-26-21(25)15-10-13(22)9-14-18(24)11-19(27-20(14)15)17-8-7-12-5-3-4-6-16(12)23-17/h3-11H,2H2,1H3. The molecule has 0 atom stereocenters. The van der Waals surface area contributed by atoms with Crippen molar-refractivity contribution in [1.29, 1.82) is 0 Å². The topological polar surface area (TPSA) is 69.4 Å². The van der Waals surface area contributed by atoms with Crippen LogP contribution < -0.4 is 5.43 Å². The minimum atomic E-state index is -0.546. The highest BCUT2D eigenvalue weighted by Crippen LogP contribution is 2.28. The number of rotatable bonds is 3. The lowest BCUT2D eigenvalue weighted by atomic mass is 10.1. The highest BCUT2D eigenvalue weighted by Gasteiger charge is 2.18. The van der Waals surface area contributed by atoms with Crippen LogP contribution in [-0.4, -0.2) is 17.6 Å². The number of para-hydroxylation sites is 1. The van der Waals surface area contributed by atoms with Crippen LogP contribution in [0.3, 0.4) is 0 Å². The van der Waals surface area contributed by atoms with E-state index in [-0.39, 0.29) is 23.2 Å². The van der Waals surface area contributed by atoms with Crippen molar-refractivity contribution >= 4 is 43.8 Å². The number of hydrogen-bond acceptors (Lipinski definition) is 5. The van der Waals surface area contributed by atoms with E-state index < -0.39 is 5.97 Å². The van der Waals surface area contributed by atoms with Gasteiger partial charge < -0.3 is 9.15 Å². The fourth-order valence-corrected chi connectivity index (χ4v) is 3.37. The van der Waals surface area contributed by atoms with Crippen molar-refractivity contribution in [2.45, 2.75) is 6.92 Å². The van der Waals surface area contributed by atoms with Gasteiger partial charge in [-0.1, -0.05) is 40.2 Å². The summed E-state index contributed by atoms with van der Waals surface area (Å²) in [6.45, 7) is 1.95. The first-order valence-corrected chi connectivity index (χ1v) is 9.17. The molecule has 0 radical (unpaired) electrons.